The van der Waals surface area contributed by atoms with Gasteiger partial charge >= 0.3 is 0 Å². The molecule has 1 aromatic carbocycles. The SMILES string of the molecule is CCNC(=NCc1ccc(Cl)cc1)NCCCN1CCCC(C(N)=O)C1. The molecule has 6 nitrogen and oxygen atoms in total. The number of hydrogen-bond acceptors (Lipinski definition) is 3. The van der Waals surface area contributed by atoms with E-state index in [0.29, 0.717) is 6.54 Å². The van der Waals surface area contributed by atoms with Crippen molar-refractivity contribution < 1.29 is 4.79 Å². The molecular weight excluding hydrogens is 350 g/mol. The van der Waals surface area contributed by atoms with Crippen LogP contribution in [0.15, 0.2) is 29.3 Å². The summed E-state index contributed by atoms with van der Waals surface area (Å²) in [6, 6.07) is 7.73. The fourth-order valence-electron chi connectivity index (χ4n) is 3.10. The number of halogens is 1. The highest BCUT2D eigenvalue weighted by molar-refractivity contribution is 6.30. The molecule has 1 aromatic rings. The van der Waals surface area contributed by atoms with Gasteiger partial charge in [0.1, 0.15) is 0 Å². The van der Waals surface area contributed by atoms with Gasteiger partial charge in [0, 0.05) is 24.7 Å². The van der Waals surface area contributed by atoms with Gasteiger partial charge in [0.05, 0.1) is 12.5 Å². The van der Waals surface area contributed by atoms with Crippen molar-refractivity contribution in [3.8, 4) is 0 Å². The summed E-state index contributed by atoms with van der Waals surface area (Å²) in [5, 5.41) is 7.37. The third kappa shape index (κ3) is 7.22. The molecule has 1 atom stereocenters. The summed E-state index contributed by atoms with van der Waals surface area (Å²) in [5.41, 5.74) is 6.56. The number of amides is 1. The van der Waals surface area contributed by atoms with Gasteiger partial charge in [-0.15, -0.1) is 0 Å². The molecule has 0 spiro atoms. The lowest BCUT2D eigenvalue weighted by Crippen LogP contribution is -2.43. The maximum atomic E-state index is 11.4. The molecule has 4 N–H and O–H groups in total. The molecule has 26 heavy (non-hydrogen) atoms. The lowest BCUT2D eigenvalue weighted by Gasteiger charge is -2.31. The summed E-state index contributed by atoms with van der Waals surface area (Å²) in [4.78, 5) is 18.3. The third-order valence-corrected chi connectivity index (χ3v) is 4.78. The van der Waals surface area contributed by atoms with E-state index in [1.54, 1.807) is 0 Å². The molecule has 0 saturated carbocycles. The monoisotopic (exact) mass is 379 g/mol. The van der Waals surface area contributed by atoms with Crippen LogP contribution in [0, 0.1) is 5.92 Å². The van der Waals surface area contributed by atoms with E-state index in [2.05, 4.69) is 27.4 Å². The Morgan fingerprint density at radius 2 is 2.12 bits per heavy atom. The van der Waals surface area contributed by atoms with Crippen molar-refractivity contribution in [2.45, 2.75) is 32.7 Å². The normalized spacial score (nSPS) is 18.5. The summed E-state index contributed by atoms with van der Waals surface area (Å²) < 4.78 is 0. The zero-order chi connectivity index (χ0) is 18.8. The first-order chi connectivity index (χ1) is 12.6. The van der Waals surface area contributed by atoms with Crippen molar-refractivity contribution in [3.63, 3.8) is 0 Å². The number of likely N-dealkylation sites (tertiary alicyclic amines) is 1. The van der Waals surface area contributed by atoms with Gasteiger partial charge in [0.25, 0.3) is 0 Å². The van der Waals surface area contributed by atoms with Gasteiger partial charge in [-0.1, -0.05) is 23.7 Å². The van der Waals surface area contributed by atoms with Crippen molar-refractivity contribution in [1.82, 2.24) is 15.5 Å². The van der Waals surface area contributed by atoms with Crippen molar-refractivity contribution in [3.05, 3.63) is 34.9 Å². The smallest absolute Gasteiger partial charge is 0.221 e. The van der Waals surface area contributed by atoms with E-state index in [4.69, 9.17) is 17.3 Å². The van der Waals surface area contributed by atoms with E-state index >= 15 is 0 Å². The number of nitrogens with two attached hydrogens (primary N) is 1. The Labute approximate surface area is 161 Å². The molecule has 0 aliphatic carbocycles. The van der Waals surface area contributed by atoms with E-state index in [1.807, 2.05) is 24.3 Å². The minimum absolute atomic E-state index is 0.00923. The number of nitrogens with one attached hydrogen (secondary N) is 2. The highest BCUT2D eigenvalue weighted by Crippen LogP contribution is 2.15. The number of aliphatic imine (C=N–C) groups is 1. The minimum Gasteiger partial charge on any atom is -0.369 e. The molecule has 1 saturated heterocycles. The van der Waals surface area contributed by atoms with Gasteiger partial charge < -0.3 is 21.3 Å². The second kappa shape index (κ2) is 11.0. The van der Waals surface area contributed by atoms with Crippen LogP contribution in [0.3, 0.4) is 0 Å². The molecule has 0 aromatic heterocycles. The maximum Gasteiger partial charge on any atom is 0.221 e. The van der Waals surface area contributed by atoms with Crippen LogP contribution in [0.2, 0.25) is 5.02 Å². The number of carbonyl (C=O) groups excluding carboxylic acids is 1. The number of hydrogen-bond donors (Lipinski definition) is 3. The van der Waals surface area contributed by atoms with E-state index < -0.39 is 0 Å². The van der Waals surface area contributed by atoms with Crippen LogP contribution < -0.4 is 16.4 Å². The maximum absolute atomic E-state index is 11.4. The number of guanidine groups is 1. The molecule has 1 aliphatic rings. The van der Waals surface area contributed by atoms with Crippen molar-refractivity contribution in [1.29, 1.82) is 0 Å². The van der Waals surface area contributed by atoms with Gasteiger partial charge in [-0.3, -0.25) is 4.79 Å². The lowest BCUT2D eigenvalue weighted by molar-refractivity contribution is -0.123. The third-order valence-electron chi connectivity index (χ3n) is 4.53. The number of primary amides is 1. The second-order valence-corrected chi connectivity index (χ2v) is 7.08. The van der Waals surface area contributed by atoms with Crippen LogP contribution in [-0.2, 0) is 11.3 Å². The van der Waals surface area contributed by atoms with Gasteiger partial charge in [-0.05, 0) is 57.0 Å². The molecule has 1 amide bonds. The van der Waals surface area contributed by atoms with E-state index in [-0.39, 0.29) is 11.8 Å². The number of rotatable bonds is 8. The number of nitrogens with zero attached hydrogens (tertiary/aromatic N) is 2. The van der Waals surface area contributed by atoms with Crippen molar-refractivity contribution >= 4 is 23.5 Å². The largest absolute Gasteiger partial charge is 0.369 e. The number of piperidine rings is 1. The molecule has 144 valence electrons. The summed E-state index contributed by atoms with van der Waals surface area (Å²) in [7, 11) is 0. The minimum atomic E-state index is -0.170. The van der Waals surface area contributed by atoms with Crippen molar-refractivity contribution in [2.24, 2.45) is 16.6 Å². The Bertz CT molecular complexity index is 590. The summed E-state index contributed by atoms with van der Waals surface area (Å²) in [5.74, 6) is 0.655. The summed E-state index contributed by atoms with van der Waals surface area (Å²) in [6.07, 6.45) is 2.97. The Hall–Kier alpha value is -1.79. The first kappa shape index (κ1) is 20.5. The predicted molar refractivity (Wildman–Crippen MR) is 107 cm³/mol. The summed E-state index contributed by atoms with van der Waals surface area (Å²) in [6.45, 7) is 7.13. The van der Waals surface area contributed by atoms with E-state index in [0.717, 1.165) is 68.5 Å². The fraction of sp³-hybridized carbons (Fsp3) is 0.579. The van der Waals surface area contributed by atoms with Gasteiger partial charge in [0.2, 0.25) is 5.91 Å². The van der Waals surface area contributed by atoms with Crippen LogP contribution in [0.5, 0.6) is 0 Å². The summed E-state index contributed by atoms with van der Waals surface area (Å²) >= 11 is 5.91. The Kier molecular flexibility index (Phi) is 8.71. The van der Waals surface area contributed by atoms with E-state index in [9.17, 15) is 4.79 Å². The molecule has 1 unspecified atom stereocenters. The lowest BCUT2D eigenvalue weighted by atomic mass is 9.97. The highest BCUT2D eigenvalue weighted by Gasteiger charge is 2.23. The molecule has 1 heterocycles. The predicted octanol–water partition coefficient (Wildman–Crippen LogP) is 1.98. The van der Waals surface area contributed by atoms with Gasteiger partial charge in [-0.2, -0.15) is 0 Å². The van der Waals surface area contributed by atoms with Crippen LogP contribution in [0.1, 0.15) is 31.7 Å². The number of benzene rings is 1. The molecule has 2 rings (SSSR count). The quantitative estimate of drug-likeness (QED) is 0.366. The first-order valence-electron chi connectivity index (χ1n) is 9.36. The molecule has 0 radical (unpaired) electrons. The van der Waals surface area contributed by atoms with Crippen LogP contribution in [-0.4, -0.2) is 49.5 Å². The topological polar surface area (TPSA) is 82.8 Å². The molecule has 1 fully saturated rings. The van der Waals surface area contributed by atoms with Gasteiger partial charge in [-0.25, -0.2) is 4.99 Å². The average molecular weight is 380 g/mol. The molecule has 1 aliphatic heterocycles. The zero-order valence-corrected chi connectivity index (χ0v) is 16.3. The van der Waals surface area contributed by atoms with Crippen molar-refractivity contribution in [2.75, 3.05) is 32.7 Å². The highest BCUT2D eigenvalue weighted by atomic mass is 35.5. The van der Waals surface area contributed by atoms with Gasteiger partial charge in [0.15, 0.2) is 5.96 Å². The van der Waals surface area contributed by atoms with Crippen LogP contribution >= 0.6 is 11.6 Å². The standard InChI is InChI=1S/C19H30ClN5O/c1-2-22-19(24-13-15-6-8-17(20)9-7-15)23-10-4-12-25-11-3-5-16(14-25)18(21)26/h6-9,16H,2-5,10-14H2,1H3,(H2,21,26)(H2,22,23,24). The fourth-order valence-corrected chi connectivity index (χ4v) is 3.23. The second-order valence-electron chi connectivity index (χ2n) is 6.64. The molecular formula is C19H30ClN5O. The first-order valence-corrected chi connectivity index (χ1v) is 9.74. The zero-order valence-electron chi connectivity index (χ0n) is 15.5. The Morgan fingerprint density at radius 3 is 2.81 bits per heavy atom. The Morgan fingerprint density at radius 1 is 1.35 bits per heavy atom. The number of carbonyl (C=O) groups is 1. The average Bonchev–Trinajstić information content (AvgIpc) is 2.64. The Balaban J connectivity index is 1.73. The molecule has 7 heteroatoms. The van der Waals surface area contributed by atoms with Crippen LogP contribution in [0.4, 0.5) is 0 Å². The van der Waals surface area contributed by atoms with Crippen LogP contribution in [0.25, 0.3) is 0 Å². The van der Waals surface area contributed by atoms with E-state index in [1.165, 1.54) is 0 Å². The molecule has 0 bridgehead atoms.